The first-order valence-corrected chi connectivity index (χ1v) is 3.88. The number of carbonyl (C=O) groups excluding carboxylic acids is 1. The lowest BCUT2D eigenvalue weighted by Crippen LogP contribution is -1.91. The summed E-state index contributed by atoms with van der Waals surface area (Å²) in [5, 5.41) is 7.63. The molecule has 0 aliphatic rings. The quantitative estimate of drug-likeness (QED) is 0.217. The number of nitriles is 1. The minimum Gasteiger partial charge on any atom is -0.347 e. The normalized spacial score (nSPS) is 8.50. The van der Waals surface area contributed by atoms with Crippen molar-refractivity contribution in [2.45, 2.75) is 0 Å². The minimum atomic E-state index is -4.64. The molecule has 0 saturated carbocycles. The van der Waals surface area contributed by atoms with Crippen LogP contribution in [0.3, 0.4) is 0 Å². The molecule has 0 saturated heterocycles. The summed E-state index contributed by atoms with van der Waals surface area (Å²) in [7, 11) is -4.64. The molecule has 0 aliphatic heterocycles. The van der Waals surface area contributed by atoms with Gasteiger partial charge in [0, 0.05) is 6.08 Å². The Balaban J connectivity index is 0. The smallest absolute Gasteiger partial charge is 0.347 e. The van der Waals surface area contributed by atoms with E-state index in [2.05, 4.69) is 11.3 Å². The number of ether oxygens (including phenoxy) is 1. The highest BCUT2D eigenvalue weighted by atomic mass is 31.2. The summed E-state index contributed by atoms with van der Waals surface area (Å²) in [6.07, 6.45) is 2.12. The van der Waals surface area contributed by atoms with Gasteiger partial charge < -0.3 is 19.4 Å². The molecular weight excluding hydrogens is 189 g/mol. The second-order valence-corrected chi connectivity index (χ2v) is 2.26. The zero-order valence-electron chi connectivity index (χ0n) is 5.75. The molecule has 0 aromatic carbocycles. The van der Waals surface area contributed by atoms with Crippen molar-refractivity contribution in [2.24, 2.45) is 0 Å². The molecule has 0 bridgehead atoms. The van der Waals surface area contributed by atoms with E-state index in [1.54, 1.807) is 0 Å². The maximum absolute atomic E-state index is 9.85. The molecule has 0 amide bonds. The zero-order valence-corrected chi connectivity index (χ0v) is 6.64. The molecule has 0 aromatic rings. The van der Waals surface area contributed by atoms with E-state index in [0.717, 1.165) is 6.08 Å². The summed E-state index contributed by atoms with van der Waals surface area (Å²) in [5.74, 6) is -0.720. The number of phosphoric acid groups is 1. The molecule has 0 heterocycles. The van der Waals surface area contributed by atoms with Crippen LogP contribution in [0.2, 0.25) is 0 Å². The van der Waals surface area contributed by atoms with Crippen molar-refractivity contribution in [3.8, 4) is 6.26 Å². The molecule has 68 valence electrons. The van der Waals surface area contributed by atoms with Crippen LogP contribution < -0.4 is 0 Å². The molecule has 0 rings (SSSR count). The predicted molar refractivity (Wildman–Crippen MR) is 36.2 cm³/mol. The van der Waals surface area contributed by atoms with Crippen molar-refractivity contribution < 1.29 is 28.8 Å². The molecule has 8 heteroatoms. The summed E-state index contributed by atoms with van der Waals surface area (Å²) in [4.78, 5) is 31.4. The highest BCUT2D eigenvalue weighted by Gasteiger charge is 2.00. The van der Waals surface area contributed by atoms with Gasteiger partial charge in [0.1, 0.15) is 0 Å². The van der Waals surface area contributed by atoms with Crippen LogP contribution >= 0.6 is 7.82 Å². The van der Waals surface area contributed by atoms with E-state index in [1.165, 1.54) is 6.26 Å². The first-order chi connectivity index (χ1) is 5.31. The second-order valence-electron chi connectivity index (χ2n) is 1.23. The van der Waals surface area contributed by atoms with E-state index in [9.17, 15) is 4.79 Å². The number of esters is 1. The van der Waals surface area contributed by atoms with Gasteiger partial charge in [0.05, 0.1) is 0 Å². The first-order valence-electron chi connectivity index (χ1n) is 2.32. The van der Waals surface area contributed by atoms with Gasteiger partial charge in [-0.2, -0.15) is 0 Å². The molecule has 7 nitrogen and oxygen atoms in total. The Bertz CT molecular complexity index is 228. The third-order valence-corrected chi connectivity index (χ3v) is 0.313. The molecule has 0 radical (unpaired) electrons. The van der Waals surface area contributed by atoms with Gasteiger partial charge in [-0.1, -0.05) is 6.58 Å². The molecule has 3 N–H and O–H groups in total. The summed E-state index contributed by atoms with van der Waals surface area (Å²) >= 11 is 0. The topological polar surface area (TPSA) is 128 Å². The first kappa shape index (κ1) is 13.4. The summed E-state index contributed by atoms with van der Waals surface area (Å²) in [5.41, 5.74) is 0. The van der Waals surface area contributed by atoms with Crippen molar-refractivity contribution >= 4 is 13.8 Å². The Hall–Kier alpha value is -1.19. The lowest BCUT2D eigenvalue weighted by atomic mass is 10.7. The summed E-state index contributed by atoms with van der Waals surface area (Å²) < 4.78 is 12.6. The van der Waals surface area contributed by atoms with Crippen molar-refractivity contribution in [3.63, 3.8) is 0 Å². The number of hydrogen-bond acceptors (Lipinski definition) is 4. The van der Waals surface area contributed by atoms with Crippen LogP contribution in [0.5, 0.6) is 0 Å². The highest BCUT2D eigenvalue weighted by molar-refractivity contribution is 7.45. The van der Waals surface area contributed by atoms with E-state index >= 15 is 0 Å². The lowest BCUT2D eigenvalue weighted by Gasteiger charge is -1.82. The molecule has 0 aromatic heterocycles. The standard InChI is InChI=1S/C4H3NO2.H3O4P/c1-2-4(6)7-3-5;1-5(2,3)4/h2H,1H2;(H3,1,2,3,4). The van der Waals surface area contributed by atoms with Crippen LogP contribution in [0.15, 0.2) is 12.7 Å². The SMILES string of the molecule is C=CC(=O)OC#N.O=P(O)(O)O. The Morgan fingerprint density at radius 3 is 2.00 bits per heavy atom. The molecule has 0 spiro atoms. The van der Waals surface area contributed by atoms with Crippen LogP contribution in [0.4, 0.5) is 0 Å². The Labute approximate surface area is 67.8 Å². The molecular formula is C4H6NO6P. The average Bonchev–Trinajstić information content (AvgIpc) is 1.85. The van der Waals surface area contributed by atoms with E-state index < -0.39 is 13.8 Å². The van der Waals surface area contributed by atoms with Crippen molar-refractivity contribution in [1.82, 2.24) is 0 Å². The van der Waals surface area contributed by atoms with Gasteiger partial charge in [0.25, 0.3) is 6.26 Å². The van der Waals surface area contributed by atoms with Crippen LogP contribution in [-0.2, 0) is 14.1 Å². The van der Waals surface area contributed by atoms with Gasteiger partial charge in [-0.3, -0.25) is 0 Å². The Kier molecular flexibility index (Phi) is 7.28. The third kappa shape index (κ3) is 37.0. The molecule has 0 atom stereocenters. The molecule has 12 heavy (non-hydrogen) atoms. The van der Waals surface area contributed by atoms with Crippen molar-refractivity contribution in [2.75, 3.05) is 0 Å². The largest absolute Gasteiger partial charge is 0.466 e. The number of rotatable bonds is 1. The van der Waals surface area contributed by atoms with Gasteiger partial charge in [-0.05, 0) is 0 Å². The predicted octanol–water partition coefficient (Wildman–Crippen LogP) is -0.732. The van der Waals surface area contributed by atoms with Crippen LogP contribution in [-0.4, -0.2) is 20.6 Å². The zero-order chi connectivity index (χ0) is 10.2. The van der Waals surface area contributed by atoms with Crippen LogP contribution in [0, 0.1) is 11.5 Å². The number of nitrogens with zero attached hydrogens (tertiary/aromatic N) is 1. The van der Waals surface area contributed by atoms with Crippen molar-refractivity contribution in [3.05, 3.63) is 12.7 Å². The van der Waals surface area contributed by atoms with Crippen LogP contribution in [0.1, 0.15) is 0 Å². The van der Waals surface area contributed by atoms with Gasteiger partial charge in [0.15, 0.2) is 0 Å². The third-order valence-electron chi connectivity index (χ3n) is 0.313. The molecule has 0 fully saturated rings. The maximum atomic E-state index is 9.85. The Morgan fingerprint density at radius 2 is 1.92 bits per heavy atom. The van der Waals surface area contributed by atoms with E-state index in [-0.39, 0.29) is 0 Å². The maximum Gasteiger partial charge on any atom is 0.466 e. The van der Waals surface area contributed by atoms with Gasteiger partial charge in [-0.25, -0.2) is 9.36 Å². The summed E-state index contributed by atoms with van der Waals surface area (Å²) in [6, 6.07) is 0. The monoisotopic (exact) mass is 195 g/mol. The fourth-order valence-corrected chi connectivity index (χ4v) is 0.0867. The second kappa shape index (κ2) is 6.52. The highest BCUT2D eigenvalue weighted by Crippen LogP contribution is 2.25. The number of hydrogen-bond donors (Lipinski definition) is 3. The number of carbonyl (C=O) groups is 1. The molecule has 0 aliphatic carbocycles. The average molecular weight is 195 g/mol. The van der Waals surface area contributed by atoms with Gasteiger partial charge in [0.2, 0.25) is 0 Å². The fourth-order valence-electron chi connectivity index (χ4n) is 0.0867. The fraction of sp³-hybridized carbons (Fsp3) is 0. The minimum absolute atomic E-state index is 0.720. The molecule has 0 unspecified atom stereocenters. The van der Waals surface area contributed by atoms with Crippen LogP contribution in [0.25, 0.3) is 0 Å². The summed E-state index contributed by atoms with van der Waals surface area (Å²) in [6.45, 7) is 3.05. The van der Waals surface area contributed by atoms with Gasteiger partial charge in [-0.15, -0.1) is 5.26 Å². The van der Waals surface area contributed by atoms with Gasteiger partial charge >= 0.3 is 13.8 Å². The Morgan fingerprint density at radius 1 is 1.58 bits per heavy atom. The van der Waals surface area contributed by atoms with E-state index in [1.807, 2.05) is 0 Å². The lowest BCUT2D eigenvalue weighted by molar-refractivity contribution is -0.131. The van der Waals surface area contributed by atoms with Crippen molar-refractivity contribution in [1.29, 1.82) is 5.26 Å². The van der Waals surface area contributed by atoms with E-state index in [4.69, 9.17) is 24.5 Å². The van der Waals surface area contributed by atoms with E-state index in [0.29, 0.717) is 0 Å².